The van der Waals surface area contributed by atoms with Crippen LogP contribution in [-0.4, -0.2) is 57.1 Å². The fourth-order valence-electron chi connectivity index (χ4n) is 3.61. The maximum Gasteiger partial charge on any atom is 0.244 e. The predicted octanol–water partition coefficient (Wildman–Crippen LogP) is 3.41. The molecule has 0 saturated carbocycles. The molecule has 0 saturated heterocycles. The molecule has 2 rings (SSSR count). The lowest BCUT2D eigenvalue weighted by Crippen LogP contribution is -2.52. The molecular weight excluding hydrogens is 466 g/mol. The summed E-state index contributed by atoms with van der Waals surface area (Å²) in [6, 6.07) is 11.9. The van der Waals surface area contributed by atoms with Crippen LogP contribution in [0.4, 0.5) is 5.69 Å². The van der Waals surface area contributed by atoms with Gasteiger partial charge in [-0.1, -0.05) is 37.3 Å². The number of carbonyl (C=O) groups excluding carboxylic acids is 2. The van der Waals surface area contributed by atoms with Crippen molar-refractivity contribution in [2.45, 2.75) is 59.7 Å². The standard InChI is InChI=1S/C26H37N3O5S/c1-8-20(4)27-26(31)21(5)28(16-22-12-10-9-11-19(22)3)25(30)17-29(35(7,32)33)23-15-18(2)13-14-24(23)34-6/h9-15,20-21H,8,16-17H2,1-7H3,(H,27,31)/t20-,21-/m1/s1. The highest BCUT2D eigenvalue weighted by molar-refractivity contribution is 7.92. The van der Waals surface area contributed by atoms with E-state index in [1.165, 1.54) is 12.0 Å². The van der Waals surface area contributed by atoms with Gasteiger partial charge in [0.2, 0.25) is 21.8 Å². The third-order valence-electron chi connectivity index (χ3n) is 6.05. The van der Waals surface area contributed by atoms with Crippen molar-refractivity contribution in [2.24, 2.45) is 0 Å². The van der Waals surface area contributed by atoms with Crippen LogP contribution in [0.5, 0.6) is 5.75 Å². The van der Waals surface area contributed by atoms with E-state index in [-0.39, 0.29) is 24.2 Å². The van der Waals surface area contributed by atoms with Crippen LogP contribution in [0.15, 0.2) is 42.5 Å². The number of benzene rings is 2. The Kier molecular flexibility index (Phi) is 9.71. The molecule has 0 spiro atoms. The van der Waals surface area contributed by atoms with Crippen LogP contribution < -0.4 is 14.4 Å². The Morgan fingerprint density at radius 1 is 1.09 bits per heavy atom. The van der Waals surface area contributed by atoms with Crippen LogP contribution in [0.2, 0.25) is 0 Å². The first-order valence-electron chi connectivity index (χ1n) is 11.7. The first kappa shape index (κ1) is 28.2. The van der Waals surface area contributed by atoms with Crippen molar-refractivity contribution in [3.63, 3.8) is 0 Å². The molecule has 0 heterocycles. The number of nitrogens with one attached hydrogen (secondary N) is 1. The molecule has 9 heteroatoms. The third-order valence-corrected chi connectivity index (χ3v) is 7.18. The normalized spacial score (nSPS) is 13.0. The molecule has 1 N–H and O–H groups in total. The van der Waals surface area contributed by atoms with Crippen molar-refractivity contribution < 1.29 is 22.7 Å². The van der Waals surface area contributed by atoms with Crippen LogP contribution in [0.3, 0.4) is 0 Å². The van der Waals surface area contributed by atoms with Gasteiger partial charge in [-0.15, -0.1) is 0 Å². The van der Waals surface area contributed by atoms with Gasteiger partial charge in [-0.25, -0.2) is 8.42 Å². The van der Waals surface area contributed by atoms with Crippen LogP contribution in [0.25, 0.3) is 0 Å². The number of hydrogen-bond acceptors (Lipinski definition) is 5. The monoisotopic (exact) mass is 503 g/mol. The van der Waals surface area contributed by atoms with Crippen LogP contribution in [0.1, 0.15) is 43.9 Å². The van der Waals surface area contributed by atoms with Crippen molar-refractivity contribution in [1.29, 1.82) is 0 Å². The topological polar surface area (TPSA) is 96.0 Å². The average Bonchev–Trinajstić information content (AvgIpc) is 2.80. The van der Waals surface area contributed by atoms with E-state index in [2.05, 4.69) is 5.32 Å². The van der Waals surface area contributed by atoms with E-state index >= 15 is 0 Å². The molecule has 35 heavy (non-hydrogen) atoms. The highest BCUT2D eigenvalue weighted by Crippen LogP contribution is 2.31. The molecule has 0 radical (unpaired) electrons. The van der Waals surface area contributed by atoms with Gasteiger partial charge in [0.15, 0.2) is 0 Å². The summed E-state index contributed by atoms with van der Waals surface area (Å²) >= 11 is 0. The maximum absolute atomic E-state index is 13.7. The van der Waals surface area contributed by atoms with E-state index in [1.54, 1.807) is 25.1 Å². The summed E-state index contributed by atoms with van der Waals surface area (Å²) < 4.78 is 32.0. The Balaban J connectivity index is 2.47. The molecular formula is C26H37N3O5S. The second-order valence-corrected chi connectivity index (χ2v) is 10.8. The quantitative estimate of drug-likeness (QED) is 0.507. The molecule has 0 bridgehead atoms. The number of anilines is 1. The molecule has 2 atom stereocenters. The summed E-state index contributed by atoms with van der Waals surface area (Å²) in [5.74, 6) is -0.448. The molecule has 0 aliphatic carbocycles. The Morgan fingerprint density at radius 3 is 2.31 bits per heavy atom. The first-order chi connectivity index (χ1) is 16.4. The summed E-state index contributed by atoms with van der Waals surface area (Å²) in [6.45, 7) is 8.98. The van der Waals surface area contributed by atoms with Gasteiger partial charge in [0.25, 0.3) is 0 Å². The van der Waals surface area contributed by atoms with Gasteiger partial charge >= 0.3 is 0 Å². The minimum absolute atomic E-state index is 0.0514. The summed E-state index contributed by atoms with van der Waals surface area (Å²) in [6.07, 6.45) is 1.80. The summed E-state index contributed by atoms with van der Waals surface area (Å²) in [7, 11) is -2.39. The minimum atomic E-state index is -3.84. The van der Waals surface area contributed by atoms with Crippen LogP contribution >= 0.6 is 0 Å². The fourth-order valence-corrected chi connectivity index (χ4v) is 4.45. The zero-order chi connectivity index (χ0) is 26.3. The van der Waals surface area contributed by atoms with E-state index < -0.39 is 28.5 Å². The van der Waals surface area contributed by atoms with Crippen molar-refractivity contribution in [1.82, 2.24) is 10.2 Å². The van der Waals surface area contributed by atoms with Crippen LogP contribution in [0, 0.1) is 13.8 Å². The van der Waals surface area contributed by atoms with Crippen molar-refractivity contribution >= 4 is 27.5 Å². The number of aryl methyl sites for hydroxylation is 2. The Hall–Kier alpha value is -3.07. The van der Waals surface area contributed by atoms with E-state index in [0.29, 0.717) is 5.75 Å². The number of rotatable bonds is 11. The predicted molar refractivity (Wildman–Crippen MR) is 139 cm³/mol. The summed E-state index contributed by atoms with van der Waals surface area (Å²) in [5.41, 5.74) is 2.94. The Morgan fingerprint density at radius 2 is 1.74 bits per heavy atom. The molecule has 0 fully saturated rings. The minimum Gasteiger partial charge on any atom is -0.495 e. The van der Waals surface area contributed by atoms with Gasteiger partial charge in [0.05, 0.1) is 19.1 Å². The zero-order valence-corrected chi connectivity index (χ0v) is 22.5. The second-order valence-electron chi connectivity index (χ2n) is 8.89. The largest absolute Gasteiger partial charge is 0.495 e. The van der Waals surface area contributed by atoms with Gasteiger partial charge in [-0.05, 0) is 62.9 Å². The molecule has 0 aromatic heterocycles. The van der Waals surface area contributed by atoms with Crippen molar-refractivity contribution in [2.75, 3.05) is 24.2 Å². The number of hydrogen-bond donors (Lipinski definition) is 1. The van der Waals surface area contributed by atoms with Gasteiger partial charge in [-0.3, -0.25) is 13.9 Å². The molecule has 192 valence electrons. The smallest absolute Gasteiger partial charge is 0.244 e. The molecule has 0 aliphatic rings. The number of carbonyl (C=O) groups is 2. The van der Waals surface area contributed by atoms with Crippen molar-refractivity contribution in [3.05, 3.63) is 59.2 Å². The summed E-state index contributed by atoms with van der Waals surface area (Å²) in [4.78, 5) is 28.1. The van der Waals surface area contributed by atoms with Gasteiger partial charge < -0.3 is 15.0 Å². The molecule has 2 amide bonds. The molecule has 0 unspecified atom stereocenters. The second kappa shape index (κ2) is 12.1. The van der Waals surface area contributed by atoms with E-state index in [0.717, 1.165) is 33.7 Å². The highest BCUT2D eigenvalue weighted by atomic mass is 32.2. The van der Waals surface area contributed by atoms with Gasteiger partial charge in [0, 0.05) is 12.6 Å². The zero-order valence-electron chi connectivity index (χ0n) is 21.7. The molecule has 2 aromatic carbocycles. The Labute approximate surface area is 209 Å². The SMILES string of the molecule is CC[C@@H](C)NC(=O)[C@@H](C)N(Cc1ccccc1C)C(=O)CN(c1cc(C)ccc1OC)S(C)(=O)=O. The number of amides is 2. The molecule has 8 nitrogen and oxygen atoms in total. The first-order valence-corrected chi connectivity index (χ1v) is 13.5. The fraction of sp³-hybridized carbons (Fsp3) is 0.462. The van der Waals surface area contributed by atoms with E-state index in [4.69, 9.17) is 4.74 Å². The summed E-state index contributed by atoms with van der Waals surface area (Å²) in [5, 5.41) is 2.92. The number of methoxy groups -OCH3 is 1. The van der Waals surface area contributed by atoms with E-state index in [1.807, 2.05) is 52.0 Å². The third kappa shape index (κ3) is 7.45. The molecule has 0 aliphatic heterocycles. The lowest BCUT2D eigenvalue weighted by atomic mass is 10.1. The lowest BCUT2D eigenvalue weighted by Gasteiger charge is -2.32. The van der Waals surface area contributed by atoms with Gasteiger partial charge in [-0.2, -0.15) is 0 Å². The van der Waals surface area contributed by atoms with Crippen molar-refractivity contribution in [3.8, 4) is 5.75 Å². The average molecular weight is 504 g/mol. The number of ether oxygens (including phenoxy) is 1. The van der Waals surface area contributed by atoms with Gasteiger partial charge in [0.1, 0.15) is 18.3 Å². The lowest BCUT2D eigenvalue weighted by molar-refractivity contribution is -0.139. The molecule has 2 aromatic rings. The number of nitrogens with zero attached hydrogens (tertiary/aromatic N) is 2. The van der Waals surface area contributed by atoms with E-state index in [9.17, 15) is 18.0 Å². The van der Waals surface area contributed by atoms with Crippen LogP contribution in [-0.2, 0) is 26.2 Å². The number of sulfonamides is 1. The maximum atomic E-state index is 13.7. The Bertz CT molecular complexity index is 1150. The highest BCUT2D eigenvalue weighted by Gasteiger charge is 2.31.